The Bertz CT molecular complexity index is 1200. The van der Waals surface area contributed by atoms with E-state index in [-0.39, 0.29) is 5.97 Å². The molecule has 0 saturated carbocycles. The molecular formula is C21H19N5O4. The predicted octanol–water partition coefficient (Wildman–Crippen LogP) is 3.34. The van der Waals surface area contributed by atoms with Gasteiger partial charge in [0.25, 0.3) is 5.88 Å². The van der Waals surface area contributed by atoms with Crippen LogP contribution in [0.1, 0.15) is 10.4 Å². The van der Waals surface area contributed by atoms with Crippen LogP contribution in [0.5, 0.6) is 11.6 Å². The zero-order valence-corrected chi connectivity index (χ0v) is 16.6. The van der Waals surface area contributed by atoms with Gasteiger partial charge in [0.2, 0.25) is 0 Å². The maximum Gasteiger partial charge on any atom is 0.337 e. The fourth-order valence-corrected chi connectivity index (χ4v) is 2.98. The molecule has 0 saturated heterocycles. The van der Waals surface area contributed by atoms with Gasteiger partial charge in [-0.2, -0.15) is 10.1 Å². The molecule has 152 valence electrons. The number of aromatic nitrogens is 4. The van der Waals surface area contributed by atoms with Crippen molar-refractivity contribution in [2.75, 3.05) is 26.6 Å². The number of esters is 1. The molecule has 0 fully saturated rings. The number of ether oxygens (including phenoxy) is 3. The SMILES string of the molecule is COC(=O)c1ccc(-c2cc(Nc3ccc(OC)c(OC)n3)c3nccn3n2)cc1. The van der Waals surface area contributed by atoms with E-state index in [4.69, 9.17) is 14.2 Å². The van der Waals surface area contributed by atoms with Gasteiger partial charge in [0.05, 0.1) is 38.3 Å². The van der Waals surface area contributed by atoms with Crippen molar-refractivity contribution in [2.24, 2.45) is 0 Å². The summed E-state index contributed by atoms with van der Waals surface area (Å²) in [6.45, 7) is 0. The van der Waals surface area contributed by atoms with Crippen LogP contribution in [0.25, 0.3) is 16.9 Å². The average Bonchev–Trinajstić information content (AvgIpc) is 3.27. The largest absolute Gasteiger partial charge is 0.491 e. The van der Waals surface area contributed by atoms with E-state index in [1.165, 1.54) is 14.2 Å². The third-order valence-corrected chi connectivity index (χ3v) is 4.46. The van der Waals surface area contributed by atoms with Crippen LogP contribution in [0.4, 0.5) is 11.5 Å². The first-order chi connectivity index (χ1) is 14.6. The maximum atomic E-state index is 11.7. The molecule has 0 aliphatic rings. The van der Waals surface area contributed by atoms with Crippen molar-refractivity contribution < 1.29 is 19.0 Å². The third-order valence-electron chi connectivity index (χ3n) is 4.46. The van der Waals surface area contributed by atoms with Gasteiger partial charge in [-0.15, -0.1) is 0 Å². The van der Waals surface area contributed by atoms with Crippen molar-refractivity contribution in [3.8, 4) is 22.9 Å². The van der Waals surface area contributed by atoms with Gasteiger partial charge in [-0.1, -0.05) is 12.1 Å². The van der Waals surface area contributed by atoms with E-state index in [0.29, 0.717) is 40.0 Å². The number of carbonyl (C=O) groups is 1. The minimum absolute atomic E-state index is 0.370. The van der Waals surface area contributed by atoms with Crippen LogP contribution in [-0.2, 0) is 4.74 Å². The standard InChI is InChI=1S/C21H19N5O4/c1-28-17-8-9-18(24-20(17)29-2)23-16-12-15(25-26-11-10-22-19(16)26)13-4-6-14(7-5-13)21(27)30-3/h4-12H,1-3H3,(H,23,24). The molecule has 9 heteroatoms. The number of carbonyl (C=O) groups excluding carboxylic acids is 1. The fourth-order valence-electron chi connectivity index (χ4n) is 2.98. The van der Waals surface area contributed by atoms with Crippen LogP contribution in [0.2, 0.25) is 0 Å². The second kappa shape index (κ2) is 8.08. The lowest BCUT2D eigenvalue weighted by Crippen LogP contribution is -2.03. The maximum absolute atomic E-state index is 11.7. The smallest absolute Gasteiger partial charge is 0.337 e. The summed E-state index contributed by atoms with van der Waals surface area (Å²) in [4.78, 5) is 20.5. The highest BCUT2D eigenvalue weighted by Crippen LogP contribution is 2.29. The van der Waals surface area contributed by atoms with Crippen molar-refractivity contribution in [3.63, 3.8) is 0 Å². The summed E-state index contributed by atoms with van der Waals surface area (Å²) in [6, 6.07) is 12.4. The Balaban J connectivity index is 1.72. The van der Waals surface area contributed by atoms with E-state index in [1.54, 1.807) is 48.3 Å². The van der Waals surface area contributed by atoms with Crippen LogP contribution in [0, 0.1) is 0 Å². The van der Waals surface area contributed by atoms with E-state index in [1.807, 2.05) is 18.2 Å². The molecule has 0 unspecified atom stereocenters. The van der Waals surface area contributed by atoms with E-state index < -0.39 is 0 Å². The zero-order valence-electron chi connectivity index (χ0n) is 16.6. The number of methoxy groups -OCH3 is 3. The Morgan fingerprint density at radius 3 is 2.53 bits per heavy atom. The van der Waals surface area contributed by atoms with Gasteiger partial charge >= 0.3 is 5.97 Å². The highest BCUT2D eigenvalue weighted by atomic mass is 16.5. The van der Waals surface area contributed by atoms with Gasteiger partial charge in [-0.3, -0.25) is 0 Å². The summed E-state index contributed by atoms with van der Waals surface area (Å²) in [5.74, 6) is 1.09. The molecular weight excluding hydrogens is 386 g/mol. The van der Waals surface area contributed by atoms with Crippen LogP contribution in [-0.4, -0.2) is 46.9 Å². The summed E-state index contributed by atoms with van der Waals surface area (Å²) in [7, 11) is 4.44. The Morgan fingerprint density at radius 2 is 1.83 bits per heavy atom. The van der Waals surface area contributed by atoms with Crippen molar-refractivity contribution in [2.45, 2.75) is 0 Å². The molecule has 3 aromatic heterocycles. The average molecular weight is 405 g/mol. The Kier molecular flexibility index (Phi) is 5.17. The van der Waals surface area contributed by atoms with Crippen LogP contribution >= 0.6 is 0 Å². The number of nitrogens with zero attached hydrogens (tertiary/aromatic N) is 4. The second-order valence-electron chi connectivity index (χ2n) is 6.24. The van der Waals surface area contributed by atoms with Crippen LogP contribution in [0.3, 0.4) is 0 Å². The number of benzene rings is 1. The first kappa shape index (κ1) is 19.2. The molecule has 0 bridgehead atoms. The third kappa shape index (κ3) is 3.60. The summed E-state index contributed by atoms with van der Waals surface area (Å²) in [5.41, 5.74) is 3.35. The summed E-state index contributed by atoms with van der Waals surface area (Å²) in [5, 5.41) is 7.86. The van der Waals surface area contributed by atoms with Crippen LogP contribution in [0.15, 0.2) is 54.9 Å². The van der Waals surface area contributed by atoms with E-state index >= 15 is 0 Å². The second-order valence-corrected chi connectivity index (χ2v) is 6.24. The molecule has 4 aromatic rings. The monoisotopic (exact) mass is 405 g/mol. The summed E-state index contributed by atoms with van der Waals surface area (Å²) >= 11 is 0. The van der Waals surface area contributed by atoms with Crippen molar-refractivity contribution >= 4 is 23.1 Å². The molecule has 0 aliphatic heterocycles. The minimum atomic E-state index is -0.388. The van der Waals surface area contributed by atoms with Crippen molar-refractivity contribution in [3.05, 3.63) is 60.4 Å². The number of hydrogen-bond donors (Lipinski definition) is 1. The van der Waals surface area contributed by atoms with Gasteiger partial charge in [0.1, 0.15) is 5.82 Å². The van der Waals surface area contributed by atoms with Crippen molar-refractivity contribution in [1.82, 2.24) is 19.6 Å². The van der Waals surface area contributed by atoms with E-state index in [0.717, 1.165) is 5.56 Å². The minimum Gasteiger partial charge on any atom is -0.491 e. The van der Waals surface area contributed by atoms with Gasteiger partial charge < -0.3 is 19.5 Å². The zero-order chi connectivity index (χ0) is 21.1. The lowest BCUT2D eigenvalue weighted by Gasteiger charge is -2.12. The molecule has 30 heavy (non-hydrogen) atoms. The first-order valence-electron chi connectivity index (χ1n) is 9.02. The number of fused-ring (bicyclic) bond motifs is 1. The first-order valence-corrected chi connectivity index (χ1v) is 9.02. The number of hydrogen-bond acceptors (Lipinski definition) is 8. The summed E-state index contributed by atoms with van der Waals surface area (Å²) in [6.07, 6.45) is 3.43. The fraction of sp³-hybridized carbons (Fsp3) is 0.143. The molecule has 0 atom stereocenters. The van der Waals surface area contributed by atoms with Crippen LogP contribution < -0.4 is 14.8 Å². The van der Waals surface area contributed by atoms with E-state index in [2.05, 4.69) is 20.4 Å². The Labute approximate surface area is 172 Å². The number of imidazole rings is 1. The van der Waals surface area contributed by atoms with Gasteiger partial charge in [-0.05, 0) is 30.3 Å². The highest BCUT2D eigenvalue weighted by molar-refractivity contribution is 5.90. The molecule has 3 heterocycles. The molecule has 0 spiro atoms. The molecule has 4 rings (SSSR count). The number of pyridine rings is 1. The molecule has 1 N–H and O–H groups in total. The molecule has 0 radical (unpaired) electrons. The number of rotatable bonds is 6. The quantitative estimate of drug-likeness (QED) is 0.488. The topological polar surface area (TPSA) is 99.9 Å². The van der Waals surface area contributed by atoms with Gasteiger partial charge in [-0.25, -0.2) is 14.3 Å². The number of nitrogens with one attached hydrogen (secondary N) is 1. The normalized spacial score (nSPS) is 10.6. The highest BCUT2D eigenvalue weighted by Gasteiger charge is 2.13. The lowest BCUT2D eigenvalue weighted by molar-refractivity contribution is 0.0600. The number of anilines is 2. The molecule has 0 amide bonds. The van der Waals surface area contributed by atoms with Gasteiger partial charge in [0, 0.05) is 18.0 Å². The van der Waals surface area contributed by atoms with Gasteiger partial charge in [0.15, 0.2) is 11.4 Å². The molecule has 0 aliphatic carbocycles. The summed E-state index contributed by atoms with van der Waals surface area (Å²) < 4.78 is 16.9. The lowest BCUT2D eigenvalue weighted by atomic mass is 10.1. The Hall–Kier alpha value is -4.14. The predicted molar refractivity (Wildman–Crippen MR) is 110 cm³/mol. The Morgan fingerprint density at radius 1 is 1.03 bits per heavy atom. The van der Waals surface area contributed by atoms with E-state index in [9.17, 15) is 4.79 Å². The molecule has 9 nitrogen and oxygen atoms in total. The molecule has 1 aromatic carbocycles. The van der Waals surface area contributed by atoms with Crippen molar-refractivity contribution in [1.29, 1.82) is 0 Å².